The van der Waals surface area contributed by atoms with E-state index in [1.165, 1.54) is 24.0 Å². The van der Waals surface area contributed by atoms with Crippen molar-refractivity contribution in [1.29, 1.82) is 0 Å². The number of rotatable bonds is 5. The molecule has 4 heteroatoms. The average Bonchev–Trinajstić information content (AvgIpc) is 3.22. The summed E-state index contributed by atoms with van der Waals surface area (Å²) in [7, 11) is 0. The van der Waals surface area contributed by atoms with E-state index in [0.717, 1.165) is 12.8 Å². The van der Waals surface area contributed by atoms with Crippen LogP contribution in [0, 0.1) is 0 Å². The molecule has 1 aliphatic carbocycles. The molecule has 2 atom stereocenters. The van der Waals surface area contributed by atoms with E-state index in [1.54, 1.807) is 0 Å². The highest BCUT2D eigenvalue weighted by Crippen LogP contribution is 2.41. The fourth-order valence-corrected chi connectivity index (χ4v) is 4.14. The Morgan fingerprint density at radius 3 is 2.50 bits per heavy atom. The topological polar surface area (TPSA) is 61.4 Å². The van der Waals surface area contributed by atoms with E-state index in [1.807, 2.05) is 0 Å². The maximum absolute atomic E-state index is 12.4. The van der Waals surface area contributed by atoms with Gasteiger partial charge in [-0.25, -0.2) is 0 Å². The second-order valence-electron chi connectivity index (χ2n) is 7.83. The van der Waals surface area contributed by atoms with Gasteiger partial charge in [0, 0.05) is 18.5 Å². The quantitative estimate of drug-likeness (QED) is 0.777. The van der Waals surface area contributed by atoms with Crippen LogP contribution in [0.2, 0.25) is 0 Å². The Labute approximate surface area is 145 Å². The smallest absolute Gasteiger partial charge is 0.237 e. The van der Waals surface area contributed by atoms with E-state index in [-0.39, 0.29) is 17.4 Å². The lowest BCUT2D eigenvalue weighted by Gasteiger charge is -2.31. The number of nitrogens with one attached hydrogen (secondary N) is 2. The second-order valence-corrected chi connectivity index (χ2v) is 7.83. The van der Waals surface area contributed by atoms with Crippen molar-refractivity contribution in [2.45, 2.75) is 69.4 Å². The summed E-state index contributed by atoms with van der Waals surface area (Å²) < 4.78 is 0. The van der Waals surface area contributed by atoms with Crippen molar-refractivity contribution in [3.8, 4) is 0 Å². The number of aliphatic hydroxyl groups excluding tert-OH is 1. The van der Waals surface area contributed by atoms with Crippen molar-refractivity contribution in [3.05, 3.63) is 35.4 Å². The van der Waals surface area contributed by atoms with Gasteiger partial charge in [0.1, 0.15) is 0 Å². The molecule has 132 valence electrons. The number of hydrogen-bond donors (Lipinski definition) is 3. The van der Waals surface area contributed by atoms with E-state index in [9.17, 15) is 9.90 Å². The summed E-state index contributed by atoms with van der Waals surface area (Å²) in [5.74, 6) is 0.565. The third-order valence-corrected chi connectivity index (χ3v) is 5.78. The van der Waals surface area contributed by atoms with Gasteiger partial charge in [0.15, 0.2) is 0 Å². The Balaban J connectivity index is 1.68. The standard InChI is InChI=1S/C20H30N2O2/c1-14(2)15-5-7-16(8-6-15)20(9-3-4-10-20)13-22-19(24)18-11-17(23)12-21-18/h5-8,14,17-18,21,23H,3-4,9-13H2,1-2H3,(H,22,24). The summed E-state index contributed by atoms with van der Waals surface area (Å²) in [6.07, 6.45) is 4.83. The predicted octanol–water partition coefficient (Wildman–Crippen LogP) is 2.46. The maximum atomic E-state index is 12.4. The lowest BCUT2D eigenvalue weighted by atomic mass is 9.78. The Morgan fingerprint density at radius 2 is 1.96 bits per heavy atom. The highest BCUT2D eigenvalue weighted by atomic mass is 16.3. The number of aliphatic hydroxyl groups is 1. The third-order valence-electron chi connectivity index (χ3n) is 5.78. The van der Waals surface area contributed by atoms with E-state index >= 15 is 0 Å². The minimum atomic E-state index is -0.398. The molecule has 0 aromatic heterocycles. The monoisotopic (exact) mass is 330 g/mol. The van der Waals surface area contributed by atoms with E-state index in [2.05, 4.69) is 48.7 Å². The van der Waals surface area contributed by atoms with Crippen molar-refractivity contribution in [2.75, 3.05) is 13.1 Å². The zero-order chi connectivity index (χ0) is 17.2. The van der Waals surface area contributed by atoms with Crippen molar-refractivity contribution >= 4 is 5.91 Å². The Morgan fingerprint density at radius 1 is 1.29 bits per heavy atom. The zero-order valence-electron chi connectivity index (χ0n) is 14.8. The van der Waals surface area contributed by atoms with Gasteiger partial charge in [0.2, 0.25) is 5.91 Å². The van der Waals surface area contributed by atoms with Gasteiger partial charge < -0.3 is 15.7 Å². The summed E-state index contributed by atoms with van der Waals surface area (Å²) in [5.41, 5.74) is 2.78. The first kappa shape index (κ1) is 17.4. The highest BCUT2D eigenvalue weighted by Gasteiger charge is 2.37. The molecular weight excluding hydrogens is 300 g/mol. The zero-order valence-corrected chi connectivity index (χ0v) is 14.8. The van der Waals surface area contributed by atoms with Gasteiger partial charge in [0.25, 0.3) is 0 Å². The minimum absolute atomic E-state index is 0.0247. The van der Waals surface area contributed by atoms with E-state index < -0.39 is 6.10 Å². The molecule has 24 heavy (non-hydrogen) atoms. The van der Waals surface area contributed by atoms with Crippen LogP contribution >= 0.6 is 0 Å². The Hall–Kier alpha value is -1.39. The van der Waals surface area contributed by atoms with Gasteiger partial charge in [-0.15, -0.1) is 0 Å². The first-order valence-corrected chi connectivity index (χ1v) is 9.30. The molecule has 1 aromatic rings. The van der Waals surface area contributed by atoms with Crippen molar-refractivity contribution in [1.82, 2.24) is 10.6 Å². The van der Waals surface area contributed by atoms with Crippen molar-refractivity contribution in [3.63, 3.8) is 0 Å². The lowest BCUT2D eigenvalue weighted by Crippen LogP contribution is -2.46. The second kappa shape index (κ2) is 7.24. The Bertz CT molecular complexity index is 562. The van der Waals surface area contributed by atoms with Crippen LogP contribution in [-0.4, -0.2) is 36.2 Å². The SMILES string of the molecule is CC(C)c1ccc(C2(CNC(=O)C3CC(O)CN3)CCCC2)cc1. The number of hydrogen-bond acceptors (Lipinski definition) is 3. The molecule has 3 rings (SSSR count). The van der Waals surface area contributed by atoms with Crippen LogP contribution in [0.25, 0.3) is 0 Å². The minimum Gasteiger partial charge on any atom is -0.392 e. The number of β-amino-alcohol motifs (C(OH)–C–C–N with tert-alkyl or cyclic N) is 1. The van der Waals surface area contributed by atoms with Gasteiger partial charge in [0.05, 0.1) is 12.1 Å². The molecule has 2 fully saturated rings. The van der Waals surface area contributed by atoms with Crippen molar-refractivity contribution < 1.29 is 9.90 Å². The number of carbonyl (C=O) groups excluding carboxylic acids is 1. The van der Waals surface area contributed by atoms with Crippen LogP contribution in [0.15, 0.2) is 24.3 Å². The summed E-state index contributed by atoms with van der Waals surface area (Å²) >= 11 is 0. The molecule has 4 nitrogen and oxygen atoms in total. The maximum Gasteiger partial charge on any atom is 0.237 e. The van der Waals surface area contributed by atoms with Gasteiger partial charge in [-0.05, 0) is 36.3 Å². The molecule has 2 aliphatic rings. The van der Waals surface area contributed by atoms with E-state index in [4.69, 9.17) is 0 Å². The van der Waals surface area contributed by atoms with Crippen molar-refractivity contribution in [2.24, 2.45) is 0 Å². The summed E-state index contributed by atoms with van der Waals surface area (Å²) in [6, 6.07) is 8.73. The molecule has 0 spiro atoms. The summed E-state index contributed by atoms with van der Waals surface area (Å²) in [6.45, 7) is 5.63. The van der Waals surface area contributed by atoms with Crippen LogP contribution in [0.4, 0.5) is 0 Å². The first-order chi connectivity index (χ1) is 11.5. The van der Waals surface area contributed by atoms with E-state index in [0.29, 0.717) is 25.4 Å². The first-order valence-electron chi connectivity index (χ1n) is 9.30. The Kier molecular flexibility index (Phi) is 5.26. The van der Waals surface area contributed by atoms with Crippen LogP contribution in [0.3, 0.4) is 0 Å². The van der Waals surface area contributed by atoms with Gasteiger partial charge in [-0.2, -0.15) is 0 Å². The fourth-order valence-electron chi connectivity index (χ4n) is 4.14. The number of benzene rings is 1. The molecule has 1 saturated heterocycles. The molecule has 1 aromatic carbocycles. The van der Waals surface area contributed by atoms with Gasteiger partial charge in [-0.3, -0.25) is 4.79 Å². The number of amides is 1. The molecule has 0 bridgehead atoms. The van der Waals surface area contributed by atoms with Crippen LogP contribution < -0.4 is 10.6 Å². The highest BCUT2D eigenvalue weighted by molar-refractivity contribution is 5.82. The van der Waals surface area contributed by atoms with Gasteiger partial charge in [-0.1, -0.05) is 51.0 Å². The van der Waals surface area contributed by atoms with Gasteiger partial charge >= 0.3 is 0 Å². The average molecular weight is 330 g/mol. The molecule has 3 N–H and O–H groups in total. The normalized spacial score (nSPS) is 26.0. The molecule has 1 saturated carbocycles. The lowest BCUT2D eigenvalue weighted by molar-refractivity contribution is -0.123. The number of carbonyl (C=O) groups is 1. The molecule has 0 radical (unpaired) electrons. The molecular formula is C20H30N2O2. The summed E-state index contributed by atoms with van der Waals surface area (Å²) in [4.78, 5) is 12.4. The molecule has 1 amide bonds. The molecule has 2 unspecified atom stereocenters. The predicted molar refractivity (Wildman–Crippen MR) is 96.1 cm³/mol. The third kappa shape index (κ3) is 3.65. The molecule has 1 aliphatic heterocycles. The van der Waals surface area contributed by atoms with Crippen LogP contribution in [0.5, 0.6) is 0 Å². The van der Waals surface area contributed by atoms with Crippen LogP contribution in [0.1, 0.15) is 63.0 Å². The van der Waals surface area contributed by atoms with Crippen LogP contribution in [-0.2, 0) is 10.2 Å². The fraction of sp³-hybridized carbons (Fsp3) is 0.650. The summed E-state index contributed by atoms with van der Waals surface area (Å²) in [5, 5.41) is 15.8. The largest absolute Gasteiger partial charge is 0.392 e. The molecule has 1 heterocycles.